The molecule has 160 valence electrons. The van der Waals surface area contributed by atoms with Gasteiger partial charge in [0.15, 0.2) is 5.75 Å². The molecular formula is C23H22N2O5S. The lowest BCUT2D eigenvalue weighted by Crippen LogP contribution is -2.19. The van der Waals surface area contributed by atoms with Crippen molar-refractivity contribution in [2.75, 3.05) is 7.11 Å². The van der Waals surface area contributed by atoms with Crippen molar-refractivity contribution in [2.24, 2.45) is 11.1 Å². The van der Waals surface area contributed by atoms with Crippen molar-refractivity contribution in [3.8, 4) is 16.2 Å². The van der Waals surface area contributed by atoms with Crippen LogP contribution in [-0.4, -0.2) is 33.7 Å². The summed E-state index contributed by atoms with van der Waals surface area (Å²) in [6.45, 7) is 2.06. The van der Waals surface area contributed by atoms with E-state index in [1.54, 1.807) is 24.5 Å². The SMILES string of the molecule is COc1c(-c2cc3c(s2)CCC(C)/C3=N\O)ccc2c(=O)c(C(=O)O)cn(C3CC3)c12. The summed E-state index contributed by atoms with van der Waals surface area (Å²) in [5, 5.41) is 22.9. The van der Waals surface area contributed by atoms with Crippen LogP contribution < -0.4 is 10.2 Å². The Hall–Kier alpha value is -3.13. The van der Waals surface area contributed by atoms with Crippen LogP contribution in [0.5, 0.6) is 5.75 Å². The maximum Gasteiger partial charge on any atom is 0.341 e. The summed E-state index contributed by atoms with van der Waals surface area (Å²) in [6.07, 6.45) is 5.18. The molecule has 7 nitrogen and oxygen atoms in total. The Balaban J connectivity index is 1.77. The molecule has 2 aromatic heterocycles. The fraction of sp³-hybridized carbons (Fsp3) is 0.348. The third-order valence-electron chi connectivity index (χ3n) is 6.25. The molecular weight excluding hydrogens is 416 g/mol. The zero-order valence-electron chi connectivity index (χ0n) is 17.2. The maximum absolute atomic E-state index is 12.9. The van der Waals surface area contributed by atoms with Crippen LogP contribution in [0.1, 0.15) is 53.0 Å². The van der Waals surface area contributed by atoms with Crippen molar-refractivity contribution >= 4 is 33.9 Å². The number of nitrogens with zero attached hydrogens (tertiary/aromatic N) is 2. The molecule has 2 N–H and O–H groups in total. The summed E-state index contributed by atoms with van der Waals surface area (Å²) >= 11 is 1.64. The van der Waals surface area contributed by atoms with Crippen molar-refractivity contribution in [1.82, 2.24) is 4.57 Å². The number of carboxylic acids is 1. The number of aromatic nitrogens is 1. The summed E-state index contributed by atoms with van der Waals surface area (Å²) in [5.74, 6) is -0.472. The summed E-state index contributed by atoms with van der Waals surface area (Å²) in [7, 11) is 1.57. The van der Waals surface area contributed by atoms with Gasteiger partial charge in [-0.1, -0.05) is 12.1 Å². The highest BCUT2D eigenvalue weighted by Crippen LogP contribution is 2.45. The van der Waals surface area contributed by atoms with E-state index in [0.29, 0.717) is 22.4 Å². The van der Waals surface area contributed by atoms with Crippen LogP contribution in [0.15, 0.2) is 34.3 Å². The Morgan fingerprint density at radius 3 is 2.68 bits per heavy atom. The Labute approximate surface area is 182 Å². The number of pyridine rings is 1. The van der Waals surface area contributed by atoms with E-state index in [9.17, 15) is 19.9 Å². The van der Waals surface area contributed by atoms with Gasteiger partial charge in [-0.25, -0.2) is 4.79 Å². The molecule has 0 saturated heterocycles. The van der Waals surface area contributed by atoms with E-state index in [-0.39, 0.29) is 17.5 Å². The number of thiophene rings is 1. The fourth-order valence-corrected chi connectivity index (χ4v) is 5.68. The van der Waals surface area contributed by atoms with Crippen molar-refractivity contribution in [3.05, 3.63) is 50.6 Å². The smallest absolute Gasteiger partial charge is 0.341 e. The summed E-state index contributed by atoms with van der Waals surface area (Å²) in [6, 6.07) is 5.71. The second kappa shape index (κ2) is 7.23. The minimum atomic E-state index is -1.22. The molecule has 31 heavy (non-hydrogen) atoms. The zero-order chi connectivity index (χ0) is 21.9. The van der Waals surface area contributed by atoms with Gasteiger partial charge in [-0.3, -0.25) is 4.79 Å². The number of methoxy groups -OCH3 is 1. The van der Waals surface area contributed by atoms with E-state index in [4.69, 9.17) is 4.74 Å². The first-order chi connectivity index (χ1) is 14.9. The molecule has 0 amide bonds. The number of hydrogen-bond acceptors (Lipinski definition) is 6. The van der Waals surface area contributed by atoms with Crippen LogP contribution in [0.3, 0.4) is 0 Å². The molecule has 1 fully saturated rings. The molecule has 0 radical (unpaired) electrons. The predicted octanol–water partition coefficient (Wildman–Crippen LogP) is 4.53. The molecule has 2 heterocycles. The number of aryl methyl sites for hydroxylation is 1. The normalized spacial score (nSPS) is 19.5. The van der Waals surface area contributed by atoms with Crippen LogP contribution in [0.4, 0.5) is 0 Å². The predicted molar refractivity (Wildman–Crippen MR) is 119 cm³/mol. The number of oxime groups is 1. The maximum atomic E-state index is 12.9. The van der Waals surface area contributed by atoms with Gasteiger partial charge in [-0.05, 0) is 43.9 Å². The van der Waals surface area contributed by atoms with Crippen LogP contribution >= 0.6 is 11.3 Å². The highest BCUT2D eigenvalue weighted by Gasteiger charge is 2.30. The first kappa shape index (κ1) is 19.8. The van der Waals surface area contributed by atoms with Crippen LogP contribution in [-0.2, 0) is 6.42 Å². The second-order valence-corrected chi connectivity index (χ2v) is 9.37. The molecule has 1 aromatic carbocycles. The molecule has 1 saturated carbocycles. The van der Waals surface area contributed by atoms with E-state index in [2.05, 4.69) is 12.1 Å². The average molecular weight is 439 g/mol. The van der Waals surface area contributed by atoms with Gasteiger partial charge >= 0.3 is 5.97 Å². The Bertz CT molecular complexity index is 1320. The first-order valence-corrected chi connectivity index (χ1v) is 11.1. The lowest BCUT2D eigenvalue weighted by molar-refractivity contribution is 0.0695. The quantitative estimate of drug-likeness (QED) is 0.460. The topological polar surface area (TPSA) is 101 Å². The molecule has 1 unspecified atom stereocenters. The molecule has 2 aliphatic carbocycles. The molecule has 1 atom stereocenters. The van der Waals surface area contributed by atoms with Crippen LogP contribution in [0.25, 0.3) is 21.3 Å². The number of carboxylic acid groups (broad SMARTS) is 1. The molecule has 0 spiro atoms. The minimum Gasteiger partial charge on any atom is -0.494 e. The summed E-state index contributed by atoms with van der Waals surface area (Å²) in [5.41, 5.74) is 2.41. The Kier molecular flexibility index (Phi) is 4.62. The van der Waals surface area contributed by atoms with Gasteiger partial charge in [0.1, 0.15) is 5.56 Å². The van der Waals surface area contributed by atoms with E-state index in [1.165, 1.54) is 11.1 Å². The molecule has 0 aliphatic heterocycles. The van der Waals surface area contributed by atoms with E-state index in [1.807, 2.05) is 16.7 Å². The van der Waals surface area contributed by atoms with Gasteiger partial charge < -0.3 is 19.6 Å². The lowest BCUT2D eigenvalue weighted by Gasteiger charge is -2.18. The van der Waals surface area contributed by atoms with Crippen molar-refractivity contribution < 1.29 is 19.8 Å². The van der Waals surface area contributed by atoms with Crippen molar-refractivity contribution in [1.29, 1.82) is 0 Å². The lowest BCUT2D eigenvalue weighted by atomic mass is 9.87. The van der Waals surface area contributed by atoms with E-state index >= 15 is 0 Å². The van der Waals surface area contributed by atoms with Gasteiger partial charge in [0, 0.05) is 39.0 Å². The highest BCUT2D eigenvalue weighted by molar-refractivity contribution is 7.16. The minimum absolute atomic E-state index is 0.163. The van der Waals surface area contributed by atoms with Gasteiger partial charge in [0.25, 0.3) is 0 Å². The number of ether oxygens (including phenoxy) is 1. The third kappa shape index (κ3) is 3.05. The Morgan fingerprint density at radius 1 is 1.26 bits per heavy atom. The monoisotopic (exact) mass is 438 g/mol. The number of fused-ring (bicyclic) bond motifs is 2. The largest absolute Gasteiger partial charge is 0.494 e. The molecule has 5 rings (SSSR count). The van der Waals surface area contributed by atoms with Gasteiger partial charge in [-0.15, -0.1) is 11.3 Å². The van der Waals surface area contributed by atoms with E-state index < -0.39 is 11.4 Å². The second-order valence-electron chi connectivity index (χ2n) is 8.23. The highest BCUT2D eigenvalue weighted by atomic mass is 32.1. The van der Waals surface area contributed by atoms with E-state index in [0.717, 1.165) is 41.7 Å². The number of benzene rings is 1. The van der Waals surface area contributed by atoms with Crippen molar-refractivity contribution in [2.45, 2.75) is 38.6 Å². The van der Waals surface area contributed by atoms with Crippen LogP contribution in [0.2, 0.25) is 0 Å². The van der Waals surface area contributed by atoms with Gasteiger partial charge in [0.2, 0.25) is 5.43 Å². The number of carbonyl (C=O) groups is 1. The van der Waals surface area contributed by atoms with Crippen LogP contribution in [0, 0.1) is 5.92 Å². The summed E-state index contributed by atoms with van der Waals surface area (Å²) in [4.78, 5) is 26.6. The Morgan fingerprint density at radius 2 is 2.03 bits per heavy atom. The summed E-state index contributed by atoms with van der Waals surface area (Å²) < 4.78 is 7.70. The molecule has 0 bridgehead atoms. The van der Waals surface area contributed by atoms with Gasteiger partial charge in [-0.2, -0.15) is 0 Å². The third-order valence-corrected chi connectivity index (χ3v) is 7.48. The standard InChI is InChI=1S/C23H22N2O5S/c1-11-3-8-17-15(19(11)24-29)9-18(31-17)13-6-7-14-20(22(13)30-2)25(12-4-5-12)10-16(21(14)26)23(27)28/h6-7,9-12,29H,3-5,8H2,1-2H3,(H,27,28)/b24-19+. The van der Waals surface area contributed by atoms with Gasteiger partial charge in [0.05, 0.1) is 23.7 Å². The molecule has 2 aliphatic rings. The number of hydrogen-bond donors (Lipinski definition) is 2. The number of aromatic carboxylic acids is 1. The average Bonchev–Trinajstić information content (AvgIpc) is 3.51. The fourth-order valence-electron chi connectivity index (χ4n) is 4.48. The van der Waals surface area contributed by atoms with Crippen molar-refractivity contribution in [3.63, 3.8) is 0 Å². The number of rotatable bonds is 4. The molecule has 8 heteroatoms. The first-order valence-electron chi connectivity index (χ1n) is 10.3. The zero-order valence-corrected chi connectivity index (χ0v) is 18.0. The molecule has 3 aromatic rings.